The molecule has 5 atom stereocenters. The van der Waals surface area contributed by atoms with Crippen LogP contribution >= 0.6 is 0 Å². The Morgan fingerprint density at radius 1 is 1.00 bits per heavy atom. The molecule has 1 aliphatic rings. The Morgan fingerprint density at radius 2 is 1.63 bits per heavy atom. The van der Waals surface area contributed by atoms with Crippen molar-refractivity contribution in [3.63, 3.8) is 0 Å². The van der Waals surface area contributed by atoms with Crippen molar-refractivity contribution >= 4 is 23.7 Å². The summed E-state index contributed by atoms with van der Waals surface area (Å²) in [5, 5.41) is 39.4. The van der Waals surface area contributed by atoms with Gasteiger partial charge in [0.15, 0.2) is 6.04 Å². The SMILES string of the molecule is CC(C)CC(NC(=O)C1CCCN1)C(=O)NC(Cc1ccc(O)cc1)C(=O)NC(C(=O)O)C(C)O. The molecular formula is C24H36N4O7. The highest BCUT2D eigenvalue weighted by Gasteiger charge is 2.33. The number of nitrogens with one attached hydrogen (secondary N) is 4. The number of aromatic hydroxyl groups is 1. The molecule has 1 saturated heterocycles. The van der Waals surface area contributed by atoms with Gasteiger partial charge in [0.05, 0.1) is 12.1 Å². The summed E-state index contributed by atoms with van der Waals surface area (Å²) in [6.45, 7) is 5.77. The molecule has 7 N–H and O–H groups in total. The van der Waals surface area contributed by atoms with Crippen molar-refractivity contribution in [2.75, 3.05) is 6.54 Å². The Hall–Kier alpha value is -3.18. The van der Waals surface area contributed by atoms with E-state index < -0.39 is 42.0 Å². The fourth-order valence-electron chi connectivity index (χ4n) is 3.88. The molecule has 11 nitrogen and oxygen atoms in total. The van der Waals surface area contributed by atoms with Crippen LogP contribution < -0.4 is 21.3 Å². The Kier molecular flexibility index (Phi) is 10.5. The van der Waals surface area contributed by atoms with Crippen LogP contribution in [0.2, 0.25) is 0 Å². The van der Waals surface area contributed by atoms with Gasteiger partial charge in [-0.15, -0.1) is 0 Å². The van der Waals surface area contributed by atoms with E-state index in [1.54, 1.807) is 12.1 Å². The number of carboxylic acids is 1. The molecule has 1 fully saturated rings. The third-order valence-electron chi connectivity index (χ3n) is 5.77. The summed E-state index contributed by atoms with van der Waals surface area (Å²) in [5.74, 6) is -2.99. The minimum atomic E-state index is -1.57. The maximum absolute atomic E-state index is 13.2. The number of rotatable bonds is 12. The van der Waals surface area contributed by atoms with E-state index in [-0.39, 0.29) is 30.0 Å². The summed E-state index contributed by atoms with van der Waals surface area (Å²) in [4.78, 5) is 50.3. The van der Waals surface area contributed by atoms with Crippen molar-refractivity contribution in [3.8, 4) is 5.75 Å². The van der Waals surface area contributed by atoms with Crippen molar-refractivity contribution in [2.45, 2.75) is 76.7 Å². The fraction of sp³-hybridized carbons (Fsp3) is 0.583. The maximum atomic E-state index is 13.2. The number of phenolic OH excluding ortho intramolecular Hbond substituents is 1. The number of phenols is 1. The number of carboxylic acid groups (broad SMARTS) is 1. The van der Waals surface area contributed by atoms with Gasteiger partial charge < -0.3 is 36.6 Å². The lowest BCUT2D eigenvalue weighted by atomic mass is 10.00. The van der Waals surface area contributed by atoms with Crippen molar-refractivity contribution in [2.24, 2.45) is 5.92 Å². The molecule has 0 aliphatic carbocycles. The first-order valence-electron chi connectivity index (χ1n) is 11.8. The van der Waals surface area contributed by atoms with E-state index in [9.17, 15) is 34.5 Å². The predicted molar refractivity (Wildman–Crippen MR) is 127 cm³/mol. The second-order valence-corrected chi connectivity index (χ2v) is 9.34. The first-order chi connectivity index (χ1) is 16.5. The molecule has 1 aromatic rings. The number of aliphatic carboxylic acids is 1. The van der Waals surface area contributed by atoms with E-state index >= 15 is 0 Å². The van der Waals surface area contributed by atoms with Crippen molar-refractivity contribution in [3.05, 3.63) is 29.8 Å². The quantitative estimate of drug-likeness (QED) is 0.207. The third kappa shape index (κ3) is 8.84. The van der Waals surface area contributed by atoms with Gasteiger partial charge in [-0.25, -0.2) is 4.79 Å². The van der Waals surface area contributed by atoms with Crippen molar-refractivity contribution in [1.29, 1.82) is 0 Å². The average molecular weight is 493 g/mol. The van der Waals surface area contributed by atoms with Gasteiger partial charge in [0.2, 0.25) is 17.7 Å². The smallest absolute Gasteiger partial charge is 0.328 e. The molecule has 1 heterocycles. The minimum absolute atomic E-state index is 0.00344. The van der Waals surface area contributed by atoms with Crippen LogP contribution in [0.5, 0.6) is 5.75 Å². The van der Waals surface area contributed by atoms with Gasteiger partial charge in [-0.05, 0) is 56.3 Å². The number of amides is 3. The molecule has 3 amide bonds. The van der Waals surface area contributed by atoms with Gasteiger partial charge in [0.25, 0.3) is 0 Å². The van der Waals surface area contributed by atoms with E-state index in [2.05, 4.69) is 21.3 Å². The van der Waals surface area contributed by atoms with Crippen LogP contribution in [-0.2, 0) is 25.6 Å². The van der Waals surface area contributed by atoms with Crippen molar-refractivity contribution in [1.82, 2.24) is 21.3 Å². The zero-order chi connectivity index (χ0) is 26.1. The van der Waals surface area contributed by atoms with Gasteiger partial charge in [0.1, 0.15) is 17.8 Å². The van der Waals surface area contributed by atoms with Crippen LogP contribution in [0, 0.1) is 5.92 Å². The monoisotopic (exact) mass is 492 g/mol. The molecule has 0 aromatic heterocycles. The summed E-state index contributed by atoms with van der Waals surface area (Å²) in [5.41, 5.74) is 0.603. The molecule has 5 unspecified atom stereocenters. The van der Waals surface area contributed by atoms with Crippen LogP contribution in [-0.4, -0.2) is 75.8 Å². The Bertz CT molecular complexity index is 882. The molecular weight excluding hydrogens is 456 g/mol. The molecule has 1 aliphatic heterocycles. The van der Waals surface area contributed by atoms with Gasteiger partial charge in [-0.2, -0.15) is 0 Å². The number of carbonyl (C=O) groups is 4. The molecule has 0 bridgehead atoms. The first-order valence-corrected chi connectivity index (χ1v) is 11.8. The zero-order valence-corrected chi connectivity index (χ0v) is 20.3. The predicted octanol–water partition coefficient (Wildman–Crippen LogP) is -0.347. The zero-order valence-electron chi connectivity index (χ0n) is 20.3. The summed E-state index contributed by atoms with van der Waals surface area (Å²) in [7, 11) is 0. The van der Waals surface area contributed by atoms with Gasteiger partial charge in [-0.1, -0.05) is 26.0 Å². The number of hydrogen-bond donors (Lipinski definition) is 7. The van der Waals surface area contributed by atoms with E-state index in [1.165, 1.54) is 19.1 Å². The molecule has 35 heavy (non-hydrogen) atoms. The number of benzene rings is 1. The Labute approximate surface area is 204 Å². The van der Waals surface area contributed by atoms with E-state index in [1.807, 2.05) is 13.8 Å². The van der Waals surface area contributed by atoms with E-state index in [0.717, 1.165) is 13.0 Å². The highest BCUT2D eigenvalue weighted by molar-refractivity contribution is 5.94. The molecule has 2 rings (SSSR count). The molecule has 0 radical (unpaired) electrons. The Morgan fingerprint density at radius 3 is 2.14 bits per heavy atom. The van der Waals surface area contributed by atoms with E-state index in [0.29, 0.717) is 18.4 Å². The third-order valence-corrected chi connectivity index (χ3v) is 5.77. The summed E-state index contributed by atoms with van der Waals surface area (Å²) in [6, 6.07) is 1.97. The number of hydrogen-bond acceptors (Lipinski definition) is 7. The number of aliphatic hydroxyl groups excluding tert-OH is 1. The van der Waals surface area contributed by atoms with Crippen molar-refractivity contribution < 1.29 is 34.5 Å². The standard InChI is InChI=1S/C24H36N4O7/c1-13(2)11-18(26-21(31)17-5-4-10-25-17)22(32)27-19(12-15-6-8-16(30)9-7-15)23(33)28-20(14(3)29)24(34)35/h6-9,13-14,17-20,25,29-30H,4-5,10-12H2,1-3H3,(H,26,31)(H,27,32)(H,28,33)(H,34,35). The molecule has 0 saturated carbocycles. The average Bonchev–Trinajstić information content (AvgIpc) is 3.32. The van der Waals surface area contributed by atoms with Crippen LogP contribution in [0.15, 0.2) is 24.3 Å². The van der Waals surface area contributed by atoms with Gasteiger partial charge in [-0.3, -0.25) is 14.4 Å². The van der Waals surface area contributed by atoms with Crippen LogP contribution in [0.25, 0.3) is 0 Å². The topological polar surface area (TPSA) is 177 Å². The maximum Gasteiger partial charge on any atom is 0.328 e. The van der Waals surface area contributed by atoms with Crippen LogP contribution in [0.3, 0.4) is 0 Å². The Balaban J connectivity index is 2.22. The number of aliphatic hydroxyl groups is 1. The lowest BCUT2D eigenvalue weighted by molar-refractivity contribution is -0.145. The second-order valence-electron chi connectivity index (χ2n) is 9.34. The minimum Gasteiger partial charge on any atom is -0.508 e. The number of carbonyl (C=O) groups excluding carboxylic acids is 3. The lowest BCUT2D eigenvalue weighted by Crippen LogP contribution is -2.59. The molecule has 1 aromatic carbocycles. The molecule has 11 heteroatoms. The van der Waals surface area contributed by atoms with Crippen LogP contribution in [0.1, 0.15) is 45.6 Å². The summed E-state index contributed by atoms with van der Waals surface area (Å²) < 4.78 is 0. The highest BCUT2D eigenvalue weighted by Crippen LogP contribution is 2.13. The van der Waals surface area contributed by atoms with Gasteiger partial charge >= 0.3 is 5.97 Å². The second kappa shape index (κ2) is 13.1. The molecule has 194 valence electrons. The van der Waals surface area contributed by atoms with Crippen LogP contribution in [0.4, 0.5) is 0 Å². The molecule has 0 spiro atoms. The van der Waals surface area contributed by atoms with E-state index in [4.69, 9.17) is 0 Å². The largest absolute Gasteiger partial charge is 0.508 e. The lowest BCUT2D eigenvalue weighted by Gasteiger charge is -2.26. The summed E-state index contributed by atoms with van der Waals surface area (Å²) >= 11 is 0. The first kappa shape index (κ1) is 28.1. The van der Waals surface area contributed by atoms with Gasteiger partial charge in [0, 0.05) is 6.42 Å². The summed E-state index contributed by atoms with van der Waals surface area (Å²) in [6.07, 6.45) is 0.499. The normalized spacial score (nSPS) is 18.8. The fourth-order valence-corrected chi connectivity index (χ4v) is 3.88. The highest BCUT2D eigenvalue weighted by atomic mass is 16.4.